The van der Waals surface area contributed by atoms with Gasteiger partial charge >= 0.3 is 0 Å². The Kier molecular flexibility index (Phi) is 5.36. The van der Waals surface area contributed by atoms with Crippen molar-refractivity contribution in [3.05, 3.63) is 42.7 Å². The molecule has 28 heavy (non-hydrogen) atoms. The first-order valence-corrected chi connectivity index (χ1v) is 9.52. The van der Waals surface area contributed by atoms with Gasteiger partial charge in [-0.2, -0.15) is 0 Å². The summed E-state index contributed by atoms with van der Waals surface area (Å²) in [6.07, 6.45) is 5.24. The monoisotopic (exact) mass is 381 g/mol. The van der Waals surface area contributed by atoms with Crippen molar-refractivity contribution in [3.8, 4) is 5.88 Å². The molecule has 2 amide bonds. The first kappa shape index (κ1) is 18.2. The van der Waals surface area contributed by atoms with Gasteiger partial charge in [-0.15, -0.1) is 0 Å². The summed E-state index contributed by atoms with van der Waals surface area (Å²) in [5.41, 5.74) is 0.640. The van der Waals surface area contributed by atoms with Crippen LogP contribution in [0.15, 0.2) is 42.7 Å². The molecule has 2 aromatic heterocycles. The third-order valence-corrected chi connectivity index (χ3v) is 4.90. The first-order chi connectivity index (χ1) is 13.7. The average Bonchev–Trinajstić information content (AvgIpc) is 3.59. The maximum Gasteiger partial charge on any atom is 0.260 e. The van der Waals surface area contributed by atoms with Gasteiger partial charge in [-0.05, 0) is 31.0 Å². The molecule has 2 aromatic rings. The van der Waals surface area contributed by atoms with Crippen molar-refractivity contribution in [1.82, 2.24) is 14.9 Å². The van der Waals surface area contributed by atoms with Crippen molar-refractivity contribution in [2.24, 2.45) is 5.92 Å². The minimum Gasteiger partial charge on any atom is -0.468 e. The third-order valence-electron chi connectivity index (χ3n) is 4.90. The second-order valence-corrected chi connectivity index (χ2v) is 6.99. The summed E-state index contributed by atoms with van der Waals surface area (Å²) in [5, 5.41) is 2.82. The van der Waals surface area contributed by atoms with Crippen LogP contribution in [0.5, 0.6) is 5.88 Å². The van der Waals surface area contributed by atoms with E-state index in [1.807, 2.05) is 18.2 Å². The number of amides is 2. The topological polar surface area (TPSA) is 87.7 Å². The van der Waals surface area contributed by atoms with Gasteiger partial charge in [-0.25, -0.2) is 9.97 Å². The standard InChI is InChI=1S/C20H23N5O3/c26-19(25-11-9-24(10-12-25)17-3-1-2-8-21-17)14-28-18-7-6-16(13-22-18)23-20(27)15-4-5-15/h1-3,6-8,13,15H,4-5,9-12,14H2,(H,23,27). The van der Waals surface area contributed by atoms with Gasteiger partial charge in [0.15, 0.2) is 6.61 Å². The van der Waals surface area contributed by atoms with E-state index in [9.17, 15) is 9.59 Å². The van der Waals surface area contributed by atoms with E-state index in [-0.39, 0.29) is 24.3 Å². The van der Waals surface area contributed by atoms with Crippen LogP contribution in [0.1, 0.15) is 12.8 Å². The Morgan fingerprint density at radius 1 is 1.07 bits per heavy atom. The Bertz CT molecular complexity index is 815. The van der Waals surface area contributed by atoms with Gasteiger partial charge < -0.3 is 19.9 Å². The average molecular weight is 381 g/mol. The lowest BCUT2D eigenvalue weighted by molar-refractivity contribution is -0.133. The summed E-state index contributed by atoms with van der Waals surface area (Å²) >= 11 is 0. The minimum atomic E-state index is -0.0615. The van der Waals surface area contributed by atoms with Crippen molar-refractivity contribution < 1.29 is 14.3 Å². The fraction of sp³-hybridized carbons (Fsp3) is 0.400. The van der Waals surface area contributed by atoms with Crippen LogP contribution in [0.2, 0.25) is 0 Å². The Balaban J connectivity index is 1.22. The van der Waals surface area contributed by atoms with Crippen molar-refractivity contribution in [3.63, 3.8) is 0 Å². The van der Waals surface area contributed by atoms with Crippen LogP contribution >= 0.6 is 0 Å². The normalized spacial score (nSPS) is 16.6. The lowest BCUT2D eigenvalue weighted by Gasteiger charge is -2.35. The molecule has 0 unspecified atom stereocenters. The number of anilines is 2. The third kappa shape index (κ3) is 4.57. The molecule has 146 valence electrons. The molecule has 2 fully saturated rings. The molecule has 1 aliphatic carbocycles. The van der Waals surface area contributed by atoms with Gasteiger partial charge in [-0.3, -0.25) is 9.59 Å². The largest absolute Gasteiger partial charge is 0.468 e. The summed E-state index contributed by atoms with van der Waals surface area (Å²) in [6, 6.07) is 9.22. The molecule has 1 saturated carbocycles. The van der Waals surface area contributed by atoms with E-state index >= 15 is 0 Å². The molecule has 0 atom stereocenters. The molecule has 1 aliphatic heterocycles. The number of pyridine rings is 2. The minimum absolute atomic E-state index is 0.0375. The van der Waals surface area contributed by atoms with E-state index in [1.54, 1.807) is 29.4 Å². The summed E-state index contributed by atoms with van der Waals surface area (Å²) in [7, 11) is 0. The van der Waals surface area contributed by atoms with Crippen LogP contribution in [-0.4, -0.2) is 59.5 Å². The van der Waals surface area contributed by atoms with Crippen LogP contribution in [0.4, 0.5) is 11.5 Å². The zero-order valence-electron chi connectivity index (χ0n) is 15.6. The Morgan fingerprint density at radius 2 is 1.89 bits per heavy atom. The molecule has 8 nitrogen and oxygen atoms in total. The quantitative estimate of drug-likeness (QED) is 0.817. The number of piperazine rings is 1. The number of nitrogens with zero attached hydrogens (tertiary/aromatic N) is 4. The molecular weight excluding hydrogens is 358 g/mol. The van der Waals surface area contributed by atoms with Gasteiger partial charge in [0.05, 0.1) is 11.9 Å². The van der Waals surface area contributed by atoms with Crippen molar-refractivity contribution in [2.75, 3.05) is 43.0 Å². The summed E-state index contributed by atoms with van der Waals surface area (Å²) in [4.78, 5) is 36.6. The summed E-state index contributed by atoms with van der Waals surface area (Å²) in [5.74, 6) is 1.42. The lowest BCUT2D eigenvalue weighted by atomic mass is 10.3. The SMILES string of the molecule is O=C(Nc1ccc(OCC(=O)N2CCN(c3ccccn3)CC2)nc1)C1CC1. The molecule has 1 N–H and O–H groups in total. The fourth-order valence-electron chi connectivity index (χ4n) is 3.08. The zero-order chi connectivity index (χ0) is 19.3. The number of carbonyl (C=O) groups is 2. The van der Waals surface area contributed by atoms with Gasteiger partial charge in [-0.1, -0.05) is 6.07 Å². The summed E-state index contributed by atoms with van der Waals surface area (Å²) in [6.45, 7) is 2.72. The van der Waals surface area contributed by atoms with Crippen LogP contribution in [0, 0.1) is 5.92 Å². The molecule has 0 aromatic carbocycles. The second-order valence-electron chi connectivity index (χ2n) is 6.99. The number of aromatic nitrogens is 2. The van der Waals surface area contributed by atoms with Gasteiger partial charge in [0.2, 0.25) is 11.8 Å². The highest BCUT2D eigenvalue weighted by Gasteiger charge is 2.29. The maximum absolute atomic E-state index is 12.4. The maximum atomic E-state index is 12.4. The van der Waals surface area contributed by atoms with Crippen molar-refractivity contribution in [1.29, 1.82) is 0 Å². The van der Waals surface area contributed by atoms with E-state index in [2.05, 4.69) is 20.2 Å². The molecule has 0 spiro atoms. The molecule has 3 heterocycles. The number of hydrogen-bond acceptors (Lipinski definition) is 6. The number of ether oxygens (including phenoxy) is 1. The van der Waals surface area contributed by atoms with Crippen LogP contribution < -0.4 is 15.0 Å². The predicted octanol–water partition coefficient (Wildman–Crippen LogP) is 1.55. The highest BCUT2D eigenvalue weighted by molar-refractivity contribution is 5.93. The number of rotatable bonds is 6. The van der Waals surface area contributed by atoms with Crippen LogP contribution in [0.3, 0.4) is 0 Å². The molecule has 2 aliphatic rings. The molecular formula is C20H23N5O3. The number of nitrogens with one attached hydrogen (secondary N) is 1. The highest BCUT2D eigenvalue weighted by Crippen LogP contribution is 2.30. The van der Waals surface area contributed by atoms with E-state index in [0.717, 1.165) is 31.7 Å². The molecule has 1 saturated heterocycles. The fourth-order valence-corrected chi connectivity index (χ4v) is 3.08. The zero-order valence-corrected chi connectivity index (χ0v) is 15.6. The number of carbonyl (C=O) groups excluding carboxylic acids is 2. The second kappa shape index (κ2) is 8.24. The first-order valence-electron chi connectivity index (χ1n) is 9.52. The van der Waals surface area contributed by atoms with E-state index in [1.165, 1.54) is 0 Å². The predicted molar refractivity (Wildman–Crippen MR) is 104 cm³/mol. The molecule has 8 heteroatoms. The molecule has 0 radical (unpaired) electrons. The van der Waals surface area contributed by atoms with Crippen LogP contribution in [-0.2, 0) is 9.59 Å². The van der Waals surface area contributed by atoms with Gasteiger partial charge in [0.25, 0.3) is 5.91 Å². The molecule has 0 bridgehead atoms. The Labute approximate surface area is 163 Å². The smallest absolute Gasteiger partial charge is 0.260 e. The Morgan fingerprint density at radius 3 is 2.54 bits per heavy atom. The van der Waals surface area contributed by atoms with Crippen molar-refractivity contribution in [2.45, 2.75) is 12.8 Å². The lowest BCUT2D eigenvalue weighted by Crippen LogP contribution is -2.50. The Hall–Kier alpha value is -3.16. The van der Waals surface area contributed by atoms with Crippen LogP contribution in [0.25, 0.3) is 0 Å². The van der Waals surface area contributed by atoms with Gasteiger partial charge in [0.1, 0.15) is 5.82 Å². The van der Waals surface area contributed by atoms with E-state index < -0.39 is 0 Å². The van der Waals surface area contributed by atoms with E-state index in [4.69, 9.17) is 4.74 Å². The summed E-state index contributed by atoms with van der Waals surface area (Å²) < 4.78 is 5.51. The van der Waals surface area contributed by atoms with Gasteiger partial charge in [0, 0.05) is 44.4 Å². The highest BCUT2D eigenvalue weighted by atomic mass is 16.5. The van der Waals surface area contributed by atoms with E-state index in [0.29, 0.717) is 24.7 Å². The van der Waals surface area contributed by atoms with Crippen molar-refractivity contribution >= 4 is 23.3 Å². The number of hydrogen-bond donors (Lipinski definition) is 1. The molecule has 4 rings (SSSR count).